The number of carbonyl (C=O) groups is 1. The Labute approximate surface area is 250 Å². The van der Waals surface area contributed by atoms with Crippen LogP contribution in [0.2, 0.25) is 0 Å². The van der Waals surface area contributed by atoms with E-state index in [9.17, 15) is 4.79 Å². The fraction of sp³-hybridized carbons (Fsp3) is 0.333. The van der Waals surface area contributed by atoms with Crippen LogP contribution >= 0.6 is 0 Å². The summed E-state index contributed by atoms with van der Waals surface area (Å²) in [7, 11) is 3.14. The molecule has 1 saturated heterocycles. The first kappa shape index (κ1) is 29.9. The number of likely N-dealkylation sites (tertiary alicyclic amines) is 1. The van der Waals surface area contributed by atoms with Crippen molar-refractivity contribution >= 4 is 28.3 Å². The number of hydrogen-bond donors (Lipinski definition) is 2. The lowest BCUT2D eigenvalue weighted by Gasteiger charge is -2.30. The molecule has 0 aliphatic carbocycles. The Morgan fingerprint density at radius 3 is 2.37 bits per heavy atom. The molecule has 226 valence electrons. The average Bonchev–Trinajstić information content (AvgIpc) is 3.01. The number of nitrogens with zero attached hydrogens (tertiary/aromatic N) is 2. The highest BCUT2D eigenvalue weighted by Crippen LogP contribution is 2.38. The Balaban J connectivity index is 1.22. The first-order valence-electron chi connectivity index (χ1n) is 14.4. The van der Waals surface area contributed by atoms with Crippen molar-refractivity contribution in [1.82, 2.24) is 9.88 Å². The molecular formula is C33H37FN4O5. The molecule has 5 rings (SSSR count). The van der Waals surface area contributed by atoms with Gasteiger partial charge in [0.2, 0.25) is 0 Å². The van der Waals surface area contributed by atoms with E-state index in [2.05, 4.69) is 27.4 Å². The Morgan fingerprint density at radius 1 is 0.907 bits per heavy atom. The number of halogens is 1. The molecular weight excluding hydrogens is 551 g/mol. The van der Waals surface area contributed by atoms with Crippen molar-refractivity contribution in [2.24, 2.45) is 5.92 Å². The highest BCUT2D eigenvalue weighted by Gasteiger charge is 2.17. The highest BCUT2D eigenvalue weighted by molar-refractivity contribution is 5.99. The van der Waals surface area contributed by atoms with Crippen LogP contribution in [0.25, 0.3) is 10.9 Å². The van der Waals surface area contributed by atoms with Crippen LogP contribution in [-0.4, -0.2) is 56.4 Å². The van der Waals surface area contributed by atoms with Crippen molar-refractivity contribution in [3.8, 4) is 28.7 Å². The van der Waals surface area contributed by atoms with Crippen LogP contribution in [-0.2, 0) is 0 Å². The number of aromatic nitrogens is 1. The van der Waals surface area contributed by atoms with E-state index in [0.29, 0.717) is 46.2 Å². The number of pyridine rings is 1. The largest absolute Gasteiger partial charge is 0.497 e. The van der Waals surface area contributed by atoms with Crippen LogP contribution in [0.15, 0.2) is 66.9 Å². The number of fused-ring (bicyclic) bond motifs is 1. The van der Waals surface area contributed by atoms with Crippen LogP contribution in [0.5, 0.6) is 28.7 Å². The molecule has 0 radical (unpaired) electrons. The molecule has 4 aromatic rings. The molecule has 0 atom stereocenters. The predicted octanol–water partition coefficient (Wildman–Crippen LogP) is 7.33. The second-order valence-corrected chi connectivity index (χ2v) is 10.6. The molecule has 2 amide bonds. The zero-order chi connectivity index (χ0) is 30.2. The van der Waals surface area contributed by atoms with Gasteiger partial charge < -0.3 is 34.5 Å². The molecule has 1 fully saturated rings. The van der Waals surface area contributed by atoms with Gasteiger partial charge in [-0.3, -0.25) is 4.98 Å². The van der Waals surface area contributed by atoms with Gasteiger partial charge in [0.05, 0.1) is 26.3 Å². The van der Waals surface area contributed by atoms with Gasteiger partial charge in [-0.15, -0.1) is 0 Å². The zero-order valence-electron chi connectivity index (χ0n) is 24.7. The first-order chi connectivity index (χ1) is 20.9. The van der Waals surface area contributed by atoms with Gasteiger partial charge in [-0.1, -0.05) is 6.92 Å². The standard InChI is InChI=1S/C33H37FN4O5/c1-22-12-16-38(17-13-22)15-4-18-42-32-21-28-26(20-31(32)41-3)29(11-14-35-28)43-30-10-7-24(19-27(30)34)37-33(39)36-23-5-8-25(40-2)9-6-23/h5-11,14,19-22H,4,12-13,15-18H2,1-3H3,(H2,36,37,39). The number of nitrogens with one attached hydrogen (secondary N) is 2. The maximum atomic E-state index is 15.1. The van der Waals surface area contributed by atoms with Gasteiger partial charge in [-0.05, 0) is 86.8 Å². The summed E-state index contributed by atoms with van der Waals surface area (Å²) in [5, 5.41) is 5.96. The van der Waals surface area contributed by atoms with E-state index in [1.165, 1.54) is 25.0 Å². The summed E-state index contributed by atoms with van der Waals surface area (Å²) in [5.41, 5.74) is 1.47. The normalized spacial score (nSPS) is 13.9. The van der Waals surface area contributed by atoms with E-state index in [0.717, 1.165) is 32.0 Å². The molecule has 0 spiro atoms. The number of rotatable bonds is 11. The number of benzene rings is 3. The minimum atomic E-state index is -0.637. The summed E-state index contributed by atoms with van der Waals surface area (Å²) in [4.78, 5) is 19.3. The van der Waals surface area contributed by atoms with Crippen LogP contribution in [0.1, 0.15) is 26.2 Å². The SMILES string of the molecule is COc1ccc(NC(=O)Nc2ccc(Oc3ccnc4cc(OCCCN5CCC(C)CC5)c(OC)cc34)c(F)c2)cc1. The lowest BCUT2D eigenvalue weighted by molar-refractivity contribution is 0.176. The van der Waals surface area contributed by atoms with Crippen molar-refractivity contribution in [2.45, 2.75) is 26.2 Å². The summed E-state index contributed by atoms with van der Waals surface area (Å²) in [5.74, 6) is 2.40. The van der Waals surface area contributed by atoms with Gasteiger partial charge in [-0.2, -0.15) is 0 Å². The van der Waals surface area contributed by atoms with Crippen LogP contribution in [0.4, 0.5) is 20.6 Å². The highest BCUT2D eigenvalue weighted by atomic mass is 19.1. The Hall–Kier alpha value is -4.57. The van der Waals surface area contributed by atoms with Gasteiger partial charge in [0.25, 0.3) is 0 Å². The molecule has 10 heteroatoms. The number of piperidine rings is 1. The second kappa shape index (κ2) is 14.1. The van der Waals surface area contributed by atoms with Crippen LogP contribution in [0, 0.1) is 11.7 Å². The average molecular weight is 589 g/mol. The molecule has 1 aliphatic heterocycles. The lowest BCUT2D eigenvalue weighted by atomic mass is 9.99. The minimum Gasteiger partial charge on any atom is -0.497 e. The molecule has 1 aliphatic rings. The third kappa shape index (κ3) is 7.84. The number of amides is 2. The minimum absolute atomic E-state index is 0.0000115. The van der Waals surface area contributed by atoms with Crippen LogP contribution in [0.3, 0.4) is 0 Å². The summed E-state index contributed by atoms with van der Waals surface area (Å²) in [6, 6.07) is 15.8. The van der Waals surface area contributed by atoms with E-state index in [1.807, 2.05) is 6.07 Å². The third-order valence-corrected chi connectivity index (χ3v) is 7.50. The van der Waals surface area contributed by atoms with E-state index in [4.69, 9.17) is 18.9 Å². The number of urea groups is 1. The van der Waals surface area contributed by atoms with E-state index in [1.54, 1.807) is 62.9 Å². The predicted molar refractivity (Wildman–Crippen MR) is 165 cm³/mol. The molecule has 3 aromatic carbocycles. The second-order valence-electron chi connectivity index (χ2n) is 10.6. The van der Waals surface area contributed by atoms with E-state index >= 15 is 4.39 Å². The van der Waals surface area contributed by atoms with Crippen molar-refractivity contribution < 1.29 is 28.1 Å². The fourth-order valence-electron chi connectivity index (χ4n) is 4.99. The van der Waals surface area contributed by atoms with Gasteiger partial charge in [0.15, 0.2) is 23.1 Å². The van der Waals surface area contributed by atoms with Crippen molar-refractivity contribution in [3.63, 3.8) is 0 Å². The maximum Gasteiger partial charge on any atom is 0.323 e. The molecule has 1 aromatic heterocycles. The Morgan fingerprint density at radius 2 is 1.65 bits per heavy atom. The van der Waals surface area contributed by atoms with Crippen molar-refractivity contribution in [1.29, 1.82) is 0 Å². The summed E-state index contributed by atoms with van der Waals surface area (Å²) < 4.78 is 37.8. The molecule has 0 bridgehead atoms. The fourth-order valence-corrected chi connectivity index (χ4v) is 4.99. The Kier molecular flexibility index (Phi) is 9.78. The third-order valence-electron chi connectivity index (χ3n) is 7.50. The van der Waals surface area contributed by atoms with Crippen molar-refractivity contribution in [3.05, 3.63) is 72.7 Å². The zero-order valence-corrected chi connectivity index (χ0v) is 24.7. The van der Waals surface area contributed by atoms with Gasteiger partial charge in [0.1, 0.15) is 11.5 Å². The Bertz CT molecular complexity index is 1540. The van der Waals surface area contributed by atoms with E-state index in [-0.39, 0.29) is 11.4 Å². The van der Waals surface area contributed by atoms with Gasteiger partial charge in [0, 0.05) is 41.6 Å². The monoisotopic (exact) mass is 588 g/mol. The number of anilines is 2. The van der Waals surface area contributed by atoms with E-state index < -0.39 is 11.8 Å². The number of ether oxygens (including phenoxy) is 4. The quantitative estimate of drug-likeness (QED) is 0.177. The number of methoxy groups -OCH3 is 2. The summed E-state index contributed by atoms with van der Waals surface area (Å²) >= 11 is 0. The molecule has 0 unspecified atom stereocenters. The molecule has 43 heavy (non-hydrogen) atoms. The molecule has 2 N–H and O–H groups in total. The molecule has 2 heterocycles. The molecule has 0 saturated carbocycles. The van der Waals surface area contributed by atoms with Gasteiger partial charge in [-0.25, -0.2) is 9.18 Å². The smallest absolute Gasteiger partial charge is 0.323 e. The number of carbonyl (C=O) groups excluding carboxylic acids is 1. The lowest BCUT2D eigenvalue weighted by Crippen LogP contribution is -2.34. The number of hydrogen-bond acceptors (Lipinski definition) is 7. The first-order valence-corrected chi connectivity index (χ1v) is 14.4. The van der Waals surface area contributed by atoms with Crippen molar-refractivity contribution in [2.75, 3.05) is 51.1 Å². The summed E-state index contributed by atoms with van der Waals surface area (Å²) in [6.07, 6.45) is 5.02. The van der Waals surface area contributed by atoms with Crippen LogP contribution < -0.4 is 29.6 Å². The van der Waals surface area contributed by atoms with Gasteiger partial charge >= 0.3 is 6.03 Å². The molecule has 9 nitrogen and oxygen atoms in total. The summed E-state index contributed by atoms with van der Waals surface area (Å²) in [6.45, 7) is 6.18. The maximum absolute atomic E-state index is 15.1. The topological polar surface area (TPSA) is 94.2 Å².